The standard InChI is InChI=1S/C17H25ClN2/c1-19-17(14-3-2-4-15(18)11-14)9-10-20(16-7-8-16)12-13-5-6-13/h2-4,11,13,16-17,19H,5-10,12H2,1H3. The molecule has 110 valence electrons. The summed E-state index contributed by atoms with van der Waals surface area (Å²) >= 11 is 6.11. The van der Waals surface area contributed by atoms with Gasteiger partial charge in [0.25, 0.3) is 0 Å². The first-order valence-electron chi connectivity index (χ1n) is 7.93. The van der Waals surface area contributed by atoms with E-state index in [4.69, 9.17) is 11.6 Å². The molecule has 2 aliphatic carbocycles. The maximum Gasteiger partial charge on any atom is 0.0409 e. The summed E-state index contributed by atoms with van der Waals surface area (Å²) in [7, 11) is 2.05. The third-order valence-electron chi connectivity index (χ3n) is 4.56. The van der Waals surface area contributed by atoms with Gasteiger partial charge in [-0.2, -0.15) is 0 Å². The van der Waals surface area contributed by atoms with Crippen LogP contribution in [0.25, 0.3) is 0 Å². The van der Waals surface area contributed by atoms with E-state index in [1.165, 1.54) is 50.8 Å². The minimum absolute atomic E-state index is 0.411. The number of nitrogens with one attached hydrogen (secondary N) is 1. The number of hydrogen-bond acceptors (Lipinski definition) is 2. The first kappa shape index (κ1) is 14.4. The Morgan fingerprint density at radius 3 is 2.70 bits per heavy atom. The summed E-state index contributed by atoms with van der Waals surface area (Å²) in [6, 6.07) is 9.55. The average Bonchev–Trinajstić information content (AvgIpc) is 3.31. The van der Waals surface area contributed by atoms with Crippen molar-refractivity contribution in [3.05, 3.63) is 34.9 Å². The summed E-state index contributed by atoms with van der Waals surface area (Å²) in [6.45, 7) is 2.54. The molecule has 1 aromatic carbocycles. The highest BCUT2D eigenvalue weighted by atomic mass is 35.5. The van der Waals surface area contributed by atoms with E-state index in [2.05, 4.69) is 22.3 Å². The van der Waals surface area contributed by atoms with E-state index in [0.717, 1.165) is 17.0 Å². The van der Waals surface area contributed by atoms with E-state index >= 15 is 0 Å². The lowest BCUT2D eigenvalue weighted by Gasteiger charge is -2.25. The van der Waals surface area contributed by atoms with E-state index in [0.29, 0.717) is 6.04 Å². The summed E-state index contributed by atoms with van der Waals surface area (Å²) in [4.78, 5) is 2.73. The Hall–Kier alpha value is -0.570. The zero-order chi connectivity index (χ0) is 13.9. The van der Waals surface area contributed by atoms with Gasteiger partial charge >= 0.3 is 0 Å². The summed E-state index contributed by atoms with van der Waals surface area (Å²) < 4.78 is 0. The van der Waals surface area contributed by atoms with Crippen LogP contribution >= 0.6 is 11.6 Å². The lowest BCUT2D eigenvalue weighted by atomic mass is 10.0. The van der Waals surface area contributed by atoms with Gasteiger partial charge in [-0.05, 0) is 62.8 Å². The van der Waals surface area contributed by atoms with Gasteiger partial charge in [-0.25, -0.2) is 0 Å². The van der Waals surface area contributed by atoms with Crippen LogP contribution in [0.15, 0.2) is 24.3 Å². The van der Waals surface area contributed by atoms with Gasteiger partial charge in [-0.3, -0.25) is 0 Å². The minimum atomic E-state index is 0.411. The number of rotatable bonds is 8. The molecule has 0 aliphatic heterocycles. The number of nitrogens with zero attached hydrogens (tertiary/aromatic N) is 1. The van der Waals surface area contributed by atoms with E-state index in [9.17, 15) is 0 Å². The van der Waals surface area contributed by atoms with Gasteiger partial charge in [0, 0.05) is 30.2 Å². The highest BCUT2D eigenvalue weighted by molar-refractivity contribution is 6.30. The average molecular weight is 293 g/mol. The smallest absolute Gasteiger partial charge is 0.0409 e. The van der Waals surface area contributed by atoms with E-state index in [1.54, 1.807) is 0 Å². The van der Waals surface area contributed by atoms with Gasteiger partial charge in [0.1, 0.15) is 0 Å². The fourth-order valence-corrected chi connectivity index (χ4v) is 3.19. The summed E-state index contributed by atoms with van der Waals surface area (Å²) in [5.74, 6) is 0.995. The Morgan fingerprint density at radius 1 is 1.30 bits per heavy atom. The van der Waals surface area contributed by atoms with E-state index in [-0.39, 0.29) is 0 Å². The fourth-order valence-electron chi connectivity index (χ4n) is 2.99. The molecule has 2 saturated carbocycles. The van der Waals surface area contributed by atoms with Gasteiger partial charge < -0.3 is 10.2 Å². The van der Waals surface area contributed by atoms with Gasteiger partial charge in [0.05, 0.1) is 0 Å². The van der Waals surface area contributed by atoms with Crippen molar-refractivity contribution in [2.75, 3.05) is 20.1 Å². The molecule has 3 heteroatoms. The molecule has 2 nitrogen and oxygen atoms in total. The zero-order valence-electron chi connectivity index (χ0n) is 12.3. The van der Waals surface area contributed by atoms with Gasteiger partial charge in [-0.15, -0.1) is 0 Å². The van der Waals surface area contributed by atoms with Crippen LogP contribution in [0.2, 0.25) is 5.02 Å². The Morgan fingerprint density at radius 2 is 2.10 bits per heavy atom. The van der Waals surface area contributed by atoms with Gasteiger partial charge in [-0.1, -0.05) is 23.7 Å². The van der Waals surface area contributed by atoms with E-state index in [1.807, 2.05) is 19.2 Å². The van der Waals surface area contributed by atoms with Crippen LogP contribution in [-0.4, -0.2) is 31.1 Å². The highest BCUT2D eigenvalue weighted by Gasteiger charge is 2.33. The maximum absolute atomic E-state index is 6.11. The number of hydrogen-bond donors (Lipinski definition) is 1. The molecule has 1 N–H and O–H groups in total. The van der Waals surface area contributed by atoms with Crippen molar-refractivity contribution >= 4 is 11.6 Å². The topological polar surface area (TPSA) is 15.3 Å². The molecule has 20 heavy (non-hydrogen) atoms. The van der Waals surface area contributed by atoms with Crippen molar-refractivity contribution in [1.29, 1.82) is 0 Å². The quantitative estimate of drug-likeness (QED) is 0.782. The van der Waals surface area contributed by atoms with Crippen molar-refractivity contribution in [3.63, 3.8) is 0 Å². The van der Waals surface area contributed by atoms with Crippen molar-refractivity contribution in [2.24, 2.45) is 5.92 Å². The normalized spacial score (nSPS) is 20.4. The molecule has 0 aromatic heterocycles. The molecule has 2 fully saturated rings. The monoisotopic (exact) mass is 292 g/mol. The van der Waals surface area contributed by atoms with Crippen LogP contribution < -0.4 is 5.32 Å². The molecule has 0 radical (unpaired) electrons. The van der Waals surface area contributed by atoms with Crippen LogP contribution in [0.4, 0.5) is 0 Å². The molecule has 1 atom stereocenters. The van der Waals surface area contributed by atoms with E-state index < -0.39 is 0 Å². The fraction of sp³-hybridized carbons (Fsp3) is 0.647. The summed E-state index contributed by atoms with van der Waals surface area (Å²) in [5, 5.41) is 4.28. The van der Waals surface area contributed by atoms with Gasteiger partial charge in [0.15, 0.2) is 0 Å². The SMILES string of the molecule is CNC(CCN(CC1CC1)C1CC1)c1cccc(Cl)c1. The third kappa shape index (κ3) is 3.97. The Labute approximate surface area is 127 Å². The van der Waals surface area contributed by atoms with Crippen LogP contribution in [0.1, 0.15) is 43.7 Å². The second kappa shape index (κ2) is 6.46. The number of benzene rings is 1. The van der Waals surface area contributed by atoms with Crippen molar-refractivity contribution < 1.29 is 0 Å². The zero-order valence-corrected chi connectivity index (χ0v) is 13.1. The molecule has 3 rings (SSSR count). The van der Waals surface area contributed by atoms with Crippen molar-refractivity contribution in [3.8, 4) is 0 Å². The van der Waals surface area contributed by atoms with Crippen molar-refractivity contribution in [1.82, 2.24) is 10.2 Å². The molecular formula is C17H25ClN2. The third-order valence-corrected chi connectivity index (χ3v) is 4.79. The molecular weight excluding hydrogens is 268 g/mol. The molecule has 1 unspecified atom stereocenters. The maximum atomic E-state index is 6.11. The first-order chi connectivity index (χ1) is 9.76. The van der Waals surface area contributed by atoms with Crippen LogP contribution in [0.3, 0.4) is 0 Å². The van der Waals surface area contributed by atoms with Crippen LogP contribution in [0, 0.1) is 5.92 Å². The Kier molecular flexibility index (Phi) is 4.65. The van der Waals surface area contributed by atoms with Crippen LogP contribution in [-0.2, 0) is 0 Å². The Bertz CT molecular complexity index is 440. The highest BCUT2D eigenvalue weighted by Crippen LogP contribution is 2.35. The lowest BCUT2D eigenvalue weighted by molar-refractivity contribution is 0.239. The van der Waals surface area contributed by atoms with Crippen molar-refractivity contribution in [2.45, 2.75) is 44.2 Å². The largest absolute Gasteiger partial charge is 0.313 e. The predicted molar refractivity (Wildman–Crippen MR) is 85.2 cm³/mol. The minimum Gasteiger partial charge on any atom is -0.313 e. The predicted octanol–water partition coefficient (Wildman–Crippen LogP) is 3.87. The Balaban J connectivity index is 1.56. The molecule has 0 bridgehead atoms. The molecule has 1 aromatic rings. The summed E-state index contributed by atoms with van der Waals surface area (Å²) in [5.41, 5.74) is 1.31. The molecule has 2 aliphatic rings. The molecule has 0 heterocycles. The summed E-state index contributed by atoms with van der Waals surface area (Å²) in [6.07, 6.45) is 6.89. The first-order valence-corrected chi connectivity index (χ1v) is 8.31. The molecule has 0 saturated heterocycles. The molecule has 0 spiro atoms. The second-order valence-corrected chi connectivity index (χ2v) is 6.79. The molecule has 0 amide bonds. The lowest BCUT2D eigenvalue weighted by Crippen LogP contribution is -2.32. The van der Waals surface area contributed by atoms with Crippen LogP contribution in [0.5, 0.6) is 0 Å². The number of halogens is 1. The van der Waals surface area contributed by atoms with Gasteiger partial charge in [0.2, 0.25) is 0 Å². The second-order valence-electron chi connectivity index (χ2n) is 6.35.